The Morgan fingerprint density at radius 2 is 2.12 bits per heavy atom. The third-order valence-electron chi connectivity index (χ3n) is 5.31. The van der Waals surface area contributed by atoms with Crippen LogP contribution in [0.25, 0.3) is 11.1 Å². The topological polar surface area (TPSA) is 104 Å². The van der Waals surface area contributed by atoms with E-state index in [-0.39, 0.29) is 29.4 Å². The number of nitriles is 1. The number of aromatic nitrogens is 2. The van der Waals surface area contributed by atoms with Crippen LogP contribution in [0.4, 0.5) is 10.1 Å². The molecule has 1 unspecified atom stereocenters. The largest absolute Gasteiger partial charge is 0.425 e. The number of carbonyl (C=O) groups is 1. The molecule has 32 heavy (non-hydrogen) atoms. The lowest BCUT2D eigenvalue weighted by atomic mass is 10.1. The molecule has 3 aromatic rings. The van der Waals surface area contributed by atoms with Crippen LogP contribution in [0.2, 0.25) is 5.02 Å². The number of fused-ring (bicyclic) bond motifs is 1. The molecule has 2 aromatic carbocycles. The van der Waals surface area contributed by atoms with E-state index in [0.29, 0.717) is 30.2 Å². The molecule has 0 bridgehead atoms. The normalized spacial score (nSPS) is 17.8. The van der Waals surface area contributed by atoms with Gasteiger partial charge in [0.25, 0.3) is 0 Å². The first-order valence-electron chi connectivity index (χ1n) is 9.99. The van der Waals surface area contributed by atoms with Crippen LogP contribution < -0.4 is 10.6 Å². The number of hydrogen-bond acceptors (Lipinski definition) is 7. The van der Waals surface area contributed by atoms with Crippen molar-refractivity contribution in [1.82, 2.24) is 15.5 Å². The molecular weight excluding hydrogens is 453 g/mol. The van der Waals surface area contributed by atoms with Gasteiger partial charge >= 0.3 is 0 Å². The summed E-state index contributed by atoms with van der Waals surface area (Å²) in [4.78, 5) is 13.0. The summed E-state index contributed by atoms with van der Waals surface area (Å²) < 4.78 is 19.2. The molecule has 10 heteroatoms. The van der Waals surface area contributed by atoms with Gasteiger partial charge in [0.15, 0.2) is 0 Å². The van der Waals surface area contributed by atoms with Gasteiger partial charge in [-0.2, -0.15) is 5.26 Å². The van der Waals surface area contributed by atoms with Crippen molar-refractivity contribution in [2.24, 2.45) is 0 Å². The molecule has 2 heterocycles. The second-order valence-electron chi connectivity index (χ2n) is 7.80. The average Bonchev–Trinajstić information content (AvgIpc) is 3.19. The Bertz CT molecular complexity index is 1250. The molecule has 162 valence electrons. The van der Waals surface area contributed by atoms with Gasteiger partial charge in [-0.1, -0.05) is 35.5 Å². The second-order valence-corrected chi connectivity index (χ2v) is 9.46. The number of carbonyl (C=O) groups excluding carboxylic acids is 1. The lowest BCUT2D eigenvalue weighted by Crippen LogP contribution is -2.36. The fraction of sp³-hybridized carbons (Fsp3) is 0.273. The van der Waals surface area contributed by atoms with Gasteiger partial charge in [-0.25, -0.2) is 4.39 Å². The Morgan fingerprint density at radius 1 is 1.31 bits per heavy atom. The Balaban J connectivity index is 1.24. The minimum absolute atomic E-state index is 0.0648. The smallest absolute Gasteiger partial charge is 0.230 e. The van der Waals surface area contributed by atoms with E-state index in [4.69, 9.17) is 21.3 Å². The van der Waals surface area contributed by atoms with Crippen LogP contribution in [0.5, 0.6) is 0 Å². The first kappa shape index (κ1) is 20.8. The molecule has 1 amide bonds. The highest BCUT2D eigenvalue weighted by atomic mass is 35.5. The second kappa shape index (κ2) is 8.11. The van der Waals surface area contributed by atoms with Crippen molar-refractivity contribution in [1.29, 1.82) is 5.26 Å². The maximum absolute atomic E-state index is 13.6. The summed E-state index contributed by atoms with van der Waals surface area (Å²) >= 11 is 8.04. The molecule has 5 rings (SSSR count). The third kappa shape index (κ3) is 4.29. The highest BCUT2D eigenvalue weighted by Crippen LogP contribution is 2.46. The summed E-state index contributed by atoms with van der Waals surface area (Å²) in [5.41, 5.74) is 1.68. The fourth-order valence-electron chi connectivity index (χ4n) is 3.52. The van der Waals surface area contributed by atoms with Crippen molar-refractivity contribution in [3.05, 3.63) is 59.0 Å². The van der Waals surface area contributed by atoms with Crippen LogP contribution in [0.3, 0.4) is 0 Å². The van der Waals surface area contributed by atoms with Gasteiger partial charge in [-0.3, -0.25) is 4.79 Å². The van der Waals surface area contributed by atoms with E-state index >= 15 is 0 Å². The average molecular weight is 470 g/mol. The third-order valence-corrected chi connectivity index (χ3v) is 6.75. The number of nitrogens with zero attached hydrogens (tertiary/aromatic N) is 3. The zero-order valence-electron chi connectivity index (χ0n) is 16.7. The Morgan fingerprint density at radius 3 is 2.88 bits per heavy atom. The van der Waals surface area contributed by atoms with Crippen LogP contribution in [-0.4, -0.2) is 27.0 Å². The molecule has 1 atom stereocenters. The van der Waals surface area contributed by atoms with E-state index in [0.717, 1.165) is 21.7 Å². The minimum Gasteiger partial charge on any atom is -0.425 e. The quantitative estimate of drug-likeness (QED) is 0.553. The van der Waals surface area contributed by atoms with Gasteiger partial charge in [0.05, 0.1) is 28.6 Å². The SMILES string of the molecule is N#CC1(NC(=O)Cc2nnc(CC3Nc4c(Cl)cc(-c5cccc(F)c5)cc4S3)o2)CC1. The number of anilines is 1. The first-order valence-corrected chi connectivity index (χ1v) is 11.2. The molecule has 0 radical (unpaired) electrons. The zero-order valence-corrected chi connectivity index (χ0v) is 18.3. The number of thioether (sulfide) groups is 1. The number of hydrogen-bond donors (Lipinski definition) is 2. The predicted molar refractivity (Wildman–Crippen MR) is 118 cm³/mol. The molecule has 2 aliphatic rings. The molecule has 0 saturated heterocycles. The number of rotatable bonds is 6. The monoisotopic (exact) mass is 469 g/mol. The Kier molecular flexibility index (Phi) is 5.27. The van der Waals surface area contributed by atoms with Gasteiger partial charge in [-0.15, -0.1) is 10.2 Å². The standard InChI is InChI=1S/C22H17ClFN5O2S/c23-15-7-13(12-2-1-3-14(24)6-12)8-16-21(15)26-20(32-16)10-19-29-28-18(31-19)9-17(30)27-22(11-25)4-5-22/h1-3,6-8,20,26H,4-5,9-10H2,(H,27,30). The first-order chi connectivity index (χ1) is 15.4. The summed E-state index contributed by atoms with van der Waals surface area (Å²) in [7, 11) is 0. The van der Waals surface area contributed by atoms with E-state index in [2.05, 4.69) is 26.9 Å². The lowest BCUT2D eigenvalue weighted by Gasteiger charge is -2.08. The highest BCUT2D eigenvalue weighted by molar-refractivity contribution is 8.00. The molecule has 1 fully saturated rings. The van der Waals surface area contributed by atoms with Gasteiger partial charge < -0.3 is 15.1 Å². The van der Waals surface area contributed by atoms with Crippen LogP contribution >= 0.6 is 23.4 Å². The van der Waals surface area contributed by atoms with E-state index in [1.165, 1.54) is 12.1 Å². The van der Waals surface area contributed by atoms with E-state index < -0.39 is 5.54 Å². The van der Waals surface area contributed by atoms with E-state index in [9.17, 15) is 9.18 Å². The van der Waals surface area contributed by atoms with Crippen LogP contribution in [-0.2, 0) is 17.6 Å². The summed E-state index contributed by atoms with van der Waals surface area (Å²) in [6, 6.07) is 12.3. The van der Waals surface area contributed by atoms with Crippen molar-refractivity contribution in [3.8, 4) is 17.2 Å². The van der Waals surface area contributed by atoms with Crippen molar-refractivity contribution < 1.29 is 13.6 Å². The number of amides is 1. The number of benzene rings is 2. The number of nitrogens with one attached hydrogen (secondary N) is 2. The van der Waals surface area contributed by atoms with Gasteiger partial charge in [0.1, 0.15) is 17.8 Å². The van der Waals surface area contributed by atoms with E-state index in [1.54, 1.807) is 17.8 Å². The molecule has 7 nitrogen and oxygen atoms in total. The predicted octanol–water partition coefficient (Wildman–Crippen LogP) is 4.33. The summed E-state index contributed by atoms with van der Waals surface area (Å²) in [5, 5.41) is 23.6. The van der Waals surface area contributed by atoms with E-state index in [1.807, 2.05) is 18.2 Å². The molecule has 1 aliphatic carbocycles. The Labute approximate surface area is 192 Å². The van der Waals surface area contributed by atoms with Gasteiger partial charge in [-0.05, 0) is 48.2 Å². The molecule has 2 N–H and O–H groups in total. The van der Waals surface area contributed by atoms with Crippen molar-refractivity contribution >= 4 is 35.0 Å². The molecule has 1 aliphatic heterocycles. The number of halogens is 2. The highest BCUT2D eigenvalue weighted by Gasteiger charge is 2.44. The van der Waals surface area contributed by atoms with Crippen molar-refractivity contribution in [2.75, 3.05) is 5.32 Å². The lowest BCUT2D eigenvalue weighted by molar-refractivity contribution is -0.121. The zero-order chi connectivity index (χ0) is 22.3. The van der Waals surface area contributed by atoms with Crippen molar-refractivity contribution in [3.63, 3.8) is 0 Å². The maximum atomic E-state index is 13.6. The Hall–Kier alpha value is -3.09. The van der Waals surface area contributed by atoms with Crippen LogP contribution in [0.15, 0.2) is 45.7 Å². The van der Waals surface area contributed by atoms with Crippen molar-refractivity contribution in [2.45, 2.75) is 41.5 Å². The molecule has 0 spiro atoms. The summed E-state index contributed by atoms with van der Waals surface area (Å²) in [6.07, 6.45) is 1.70. The van der Waals surface area contributed by atoms with Gasteiger partial charge in [0, 0.05) is 4.90 Å². The fourth-order valence-corrected chi connectivity index (χ4v) is 5.05. The summed E-state index contributed by atoms with van der Waals surface area (Å²) in [5.74, 6) is -0.00747. The summed E-state index contributed by atoms with van der Waals surface area (Å²) in [6.45, 7) is 0. The maximum Gasteiger partial charge on any atom is 0.230 e. The molecular formula is C22H17ClFN5O2S. The van der Waals surface area contributed by atoms with Crippen LogP contribution in [0, 0.1) is 17.1 Å². The van der Waals surface area contributed by atoms with Gasteiger partial charge in [0.2, 0.25) is 17.7 Å². The minimum atomic E-state index is -0.722. The molecule has 1 aromatic heterocycles. The molecule has 1 saturated carbocycles. The van der Waals surface area contributed by atoms with Crippen LogP contribution in [0.1, 0.15) is 24.6 Å².